The molecule has 0 spiro atoms. The molecule has 0 aliphatic carbocycles. The maximum atomic E-state index is 11.6. The van der Waals surface area contributed by atoms with Crippen LogP contribution in [0.25, 0.3) is 10.9 Å². The van der Waals surface area contributed by atoms with Crippen LogP contribution in [-0.2, 0) is 14.3 Å². The number of benzene rings is 1. The highest BCUT2D eigenvalue weighted by Gasteiger charge is 2.06. The van der Waals surface area contributed by atoms with Crippen LogP contribution in [0, 0.1) is 0 Å². The maximum Gasteiger partial charge on any atom is 0.250 e. The minimum absolute atomic E-state index is 0.0115. The number of carbonyl (C=O) groups excluding carboxylic acids is 1. The predicted octanol–water partition coefficient (Wildman–Crippen LogP) is 1.16. The van der Waals surface area contributed by atoms with Crippen molar-refractivity contribution in [3.63, 3.8) is 0 Å². The molecule has 1 heterocycles. The lowest BCUT2D eigenvalue weighted by Crippen LogP contribution is -2.19. The third kappa shape index (κ3) is 3.06. The van der Waals surface area contributed by atoms with E-state index in [1.165, 1.54) is 0 Å². The average molecular weight is 249 g/mol. The molecule has 6 heteroatoms. The van der Waals surface area contributed by atoms with Gasteiger partial charge in [-0.25, -0.2) is 0 Å². The number of hydrogen-bond donors (Lipinski definition) is 2. The Labute approximate surface area is 104 Å². The van der Waals surface area contributed by atoms with Gasteiger partial charge in [-0.15, -0.1) is 0 Å². The summed E-state index contributed by atoms with van der Waals surface area (Å²) in [7, 11) is 1.59. The molecule has 0 atom stereocenters. The van der Waals surface area contributed by atoms with Gasteiger partial charge in [0.15, 0.2) is 0 Å². The molecule has 0 aliphatic rings. The molecule has 6 nitrogen and oxygen atoms in total. The van der Waals surface area contributed by atoms with Crippen molar-refractivity contribution in [1.29, 1.82) is 0 Å². The van der Waals surface area contributed by atoms with Gasteiger partial charge in [-0.3, -0.25) is 9.89 Å². The zero-order valence-corrected chi connectivity index (χ0v) is 10.1. The van der Waals surface area contributed by atoms with E-state index in [1.807, 2.05) is 18.2 Å². The number of methoxy groups -OCH3 is 1. The monoisotopic (exact) mass is 249 g/mol. The van der Waals surface area contributed by atoms with Gasteiger partial charge in [0.05, 0.1) is 30.6 Å². The highest BCUT2D eigenvalue weighted by Crippen LogP contribution is 2.20. The Balaban J connectivity index is 1.92. The second-order valence-electron chi connectivity index (χ2n) is 3.73. The Morgan fingerprint density at radius 1 is 1.44 bits per heavy atom. The normalized spacial score (nSPS) is 10.7. The van der Waals surface area contributed by atoms with Gasteiger partial charge in [0.25, 0.3) is 0 Å². The van der Waals surface area contributed by atoms with Crippen LogP contribution in [0.1, 0.15) is 0 Å². The molecule has 18 heavy (non-hydrogen) atoms. The van der Waals surface area contributed by atoms with E-state index in [0.717, 1.165) is 16.6 Å². The molecule has 0 aliphatic heterocycles. The molecule has 96 valence electrons. The fraction of sp³-hybridized carbons (Fsp3) is 0.333. The first-order valence-electron chi connectivity index (χ1n) is 5.60. The first-order valence-corrected chi connectivity index (χ1v) is 5.60. The number of H-pyrrole nitrogens is 1. The molecule has 0 saturated heterocycles. The number of ether oxygens (including phenoxy) is 2. The van der Waals surface area contributed by atoms with E-state index in [2.05, 4.69) is 15.5 Å². The summed E-state index contributed by atoms with van der Waals surface area (Å²) < 4.78 is 9.96. The van der Waals surface area contributed by atoms with Gasteiger partial charge in [0.2, 0.25) is 5.91 Å². The topological polar surface area (TPSA) is 76.2 Å². The van der Waals surface area contributed by atoms with E-state index in [9.17, 15) is 4.79 Å². The lowest BCUT2D eigenvalue weighted by atomic mass is 10.2. The summed E-state index contributed by atoms with van der Waals surface area (Å²) in [6.45, 7) is 0.891. The largest absolute Gasteiger partial charge is 0.382 e. The van der Waals surface area contributed by atoms with Crippen LogP contribution < -0.4 is 5.32 Å². The number of carbonyl (C=O) groups is 1. The Hall–Kier alpha value is -1.92. The van der Waals surface area contributed by atoms with E-state index < -0.39 is 0 Å². The van der Waals surface area contributed by atoms with Gasteiger partial charge in [-0.2, -0.15) is 5.10 Å². The van der Waals surface area contributed by atoms with Gasteiger partial charge in [0.1, 0.15) is 6.61 Å². The maximum absolute atomic E-state index is 11.6. The van der Waals surface area contributed by atoms with Crippen LogP contribution in [0.2, 0.25) is 0 Å². The van der Waals surface area contributed by atoms with Gasteiger partial charge in [-0.1, -0.05) is 6.07 Å². The first kappa shape index (κ1) is 12.5. The third-order valence-corrected chi connectivity index (χ3v) is 2.42. The molecule has 2 aromatic rings. The molecular weight excluding hydrogens is 234 g/mol. The highest BCUT2D eigenvalue weighted by molar-refractivity contribution is 6.01. The molecule has 1 aromatic heterocycles. The Bertz CT molecular complexity index is 524. The van der Waals surface area contributed by atoms with Crippen LogP contribution in [-0.4, -0.2) is 43.0 Å². The summed E-state index contributed by atoms with van der Waals surface area (Å²) in [5, 5.41) is 10.4. The lowest BCUT2D eigenvalue weighted by Gasteiger charge is -2.06. The third-order valence-electron chi connectivity index (χ3n) is 2.42. The second-order valence-corrected chi connectivity index (χ2v) is 3.73. The Morgan fingerprint density at radius 3 is 3.17 bits per heavy atom. The van der Waals surface area contributed by atoms with Gasteiger partial charge in [0, 0.05) is 12.5 Å². The lowest BCUT2D eigenvalue weighted by molar-refractivity contribution is -0.121. The number of hydrogen-bond acceptors (Lipinski definition) is 4. The summed E-state index contributed by atoms with van der Waals surface area (Å²) in [5.41, 5.74) is 1.61. The number of nitrogens with one attached hydrogen (secondary N) is 2. The van der Waals surface area contributed by atoms with Crippen LogP contribution in [0.15, 0.2) is 24.4 Å². The molecule has 0 unspecified atom stereocenters. The molecular formula is C12H15N3O3. The molecule has 1 aromatic carbocycles. The van der Waals surface area contributed by atoms with Crippen molar-refractivity contribution < 1.29 is 14.3 Å². The number of rotatable bonds is 6. The molecule has 0 fully saturated rings. The zero-order chi connectivity index (χ0) is 12.8. The van der Waals surface area contributed by atoms with Crippen molar-refractivity contribution >= 4 is 22.5 Å². The molecule has 1 amide bonds. The number of aromatic amines is 1. The molecule has 2 N–H and O–H groups in total. The van der Waals surface area contributed by atoms with Gasteiger partial charge >= 0.3 is 0 Å². The molecule has 0 radical (unpaired) electrons. The summed E-state index contributed by atoms with van der Waals surface area (Å²) in [6.07, 6.45) is 1.68. The molecule has 0 bridgehead atoms. The second kappa shape index (κ2) is 6.13. The average Bonchev–Trinajstić information content (AvgIpc) is 2.84. The fourth-order valence-electron chi connectivity index (χ4n) is 1.57. The van der Waals surface area contributed by atoms with Crippen molar-refractivity contribution in [3.8, 4) is 0 Å². The van der Waals surface area contributed by atoms with E-state index in [-0.39, 0.29) is 12.5 Å². The first-order chi connectivity index (χ1) is 8.81. The predicted molar refractivity (Wildman–Crippen MR) is 67.4 cm³/mol. The van der Waals surface area contributed by atoms with Crippen molar-refractivity contribution in [2.75, 3.05) is 32.2 Å². The van der Waals surface area contributed by atoms with Crippen LogP contribution in [0.4, 0.5) is 5.69 Å². The smallest absolute Gasteiger partial charge is 0.250 e. The standard InChI is InChI=1S/C12H15N3O3/c1-17-5-6-18-8-12(16)14-10-3-2-4-11-9(10)7-13-15-11/h2-4,7H,5-6,8H2,1H3,(H,13,15)(H,14,16). The van der Waals surface area contributed by atoms with E-state index in [1.54, 1.807) is 13.3 Å². The van der Waals surface area contributed by atoms with Crippen LogP contribution >= 0.6 is 0 Å². The van der Waals surface area contributed by atoms with Crippen molar-refractivity contribution in [2.24, 2.45) is 0 Å². The summed E-state index contributed by atoms with van der Waals surface area (Å²) in [5.74, 6) is -0.195. The van der Waals surface area contributed by atoms with E-state index >= 15 is 0 Å². The van der Waals surface area contributed by atoms with Crippen molar-refractivity contribution in [3.05, 3.63) is 24.4 Å². The van der Waals surface area contributed by atoms with E-state index in [4.69, 9.17) is 9.47 Å². The highest BCUT2D eigenvalue weighted by atomic mass is 16.5. The quantitative estimate of drug-likeness (QED) is 0.753. The van der Waals surface area contributed by atoms with Crippen LogP contribution in [0.5, 0.6) is 0 Å². The number of anilines is 1. The van der Waals surface area contributed by atoms with Crippen LogP contribution in [0.3, 0.4) is 0 Å². The number of nitrogens with zero attached hydrogens (tertiary/aromatic N) is 1. The number of aromatic nitrogens is 2. The minimum Gasteiger partial charge on any atom is -0.382 e. The van der Waals surface area contributed by atoms with Gasteiger partial charge in [-0.05, 0) is 12.1 Å². The zero-order valence-electron chi connectivity index (χ0n) is 10.1. The van der Waals surface area contributed by atoms with Crippen molar-refractivity contribution in [1.82, 2.24) is 10.2 Å². The minimum atomic E-state index is -0.195. The summed E-state index contributed by atoms with van der Waals surface area (Å²) in [4.78, 5) is 11.6. The molecule has 2 rings (SSSR count). The molecule has 0 saturated carbocycles. The summed E-state index contributed by atoms with van der Waals surface area (Å²) >= 11 is 0. The number of amides is 1. The fourth-order valence-corrected chi connectivity index (χ4v) is 1.57. The Kier molecular flexibility index (Phi) is 4.27. The van der Waals surface area contributed by atoms with Gasteiger partial charge < -0.3 is 14.8 Å². The SMILES string of the molecule is COCCOCC(=O)Nc1cccc2[nH]ncc12. The summed E-state index contributed by atoms with van der Waals surface area (Å²) in [6, 6.07) is 5.57. The Morgan fingerprint density at radius 2 is 2.33 bits per heavy atom. The van der Waals surface area contributed by atoms with Crippen molar-refractivity contribution in [2.45, 2.75) is 0 Å². The number of fused-ring (bicyclic) bond motifs is 1. The van der Waals surface area contributed by atoms with E-state index in [0.29, 0.717) is 13.2 Å².